The molecule has 1 N–H and O–H groups in total. The SMILES string of the molecule is CCOc1cccc(NC(=O)Cn2nnc(-c3ccc(CN4CCOCC4)cc3)n2)c1. The first-order valence-corrected chi connectivity index (χ1v) is 10.4. The first kappa shape index (κ1) is 21.0. The Morgan fingerprint density at radius 1 is 1.16 bits per heavy atom. The zero-order chi connectivity index (χ0) is 21.5. The second-order valence-electron chi connectivity index (χ2n) is 7.24. The molecule has 0 bridgehead atoms. The average Bonchev–Trinajstić information content (AvgIpc) is 3.24. The van der Waals surface area contributed by atoms with Crippen molar-refractivity contribution >= 4 is 11.6 Å². The topological polar surface area (TPSA) is 94.4 Å². The first-order valence-electron chi connectivity index (χ1n) is 10.4. The van der Waals surface area contributed by atoms with E-state index in [9.17, 15) is 4.79 Å². The molecule has 2 heterocycles. The van der Waals surface area contributed by atoms with E-state index in [0.29, 0.717) is 23.9 Å². The average molecular weight is 422 g/mol. The number of hydrogen-bond acceptors (Lipinski definition) is 7. The molecule has 1 saturated heterocycles. The molecular weight excluding hydrogens is 396 g/mol. The molecule has 31 heavy (non-hydrogen) atoms. The van der Waals surface area contributed by atoms with Gasteiger partial charge >= 0.3 is 0 Å². The monoisotopic (exact) mass is 422 g/mol. The van der Waals surface area contributed by atoms with Crippen LogP contribution in [0.3, 0.4) is 0 Å². The van der Waals surface area contributed by atoms with Gasteiger partial charge in [0.25, 0.3) is 0 Å². The molecule has 0 atom stereocenters. The Morgan fingerprint density at radius 2 is 1.97 bits per heavy atom. The van der Waals surface area contributed by atoms with E-state index in [4.69, 9.17) is 9.47 Å². The van der Waals surface area contributed by atoms with E-state index in [1.807, 2.05) is 31.2 Å². The highest BCUT2D eigenvalue weighted by Gasteiger charge is 2.12. The van der Waals surface area contributed by atoms with Gasteiger partial charge in [-0.1, -0.05) is 30.3 Å². The van der Waals surface area contributed by atoms with E-state index in [0.717, 1.165) is 38.4 Å². The maximum Gasteiger partial charge on any atom is 0.248 e. The predicted molar refractivity (Wildman–Crippen MR) is 116 cm³/mol. The number of hydrogen-bond donors (Lipinski definition) is 1. The van der Waals surface area contributed by atoms with Gasteiger partial charge in [-0.3, -0.25) is 9.69 Å². The van der Waals surface area contributed by atoms with E-state index in [1.165, 1.54) is 10.4 Å². The number of benzene rings is 2. The Hall–Kier alpha value is -3.30. The summed E-state index contributed by atoms with van der Waals surface area (Å²) in [6.45, 7) is 6.84. The number of aromatic nitrogens is 4. The van der Waals surface area contributed by atoms with Crippen molar-refractivity contribution < 1.29 is 14.3 Å². The molecule has 1 aliphatic heterocycles. The van der Waals surface area contributed by atoms with Crippen molar-refractivity contribution in [3.05, 3.63) is 54.1 Å². The van der Waals surface area contributed by atoms with Gasteiger partial charge in [-0.05, 0) is 29.8 Å². The molecule has 3 aromatic rings. The number of nitrogens with zero attached hydrogens (tertiary/aromatic N) is 5. The van der Waals surface area contributed by atoms with Crippen LogP contribution in [0.4, 0.5) is 5.69 Å². The lowest BCUT2D eigenvalue weighted by molar-refractivity contribution is -0.117. The third kappa shape index (κ3) is 5.87. The van der Waals surface area contributed by atoms with Gasteiger partial charge in [0.15, 0.2) is 0 Å². The fourth-order valence-electron chi connectivity index (χ4n) is 3.36. The fourth-order valence-corrected chi connectivity index (χ4v) is 3.36. The van der Waals surface area contributed by atoms with Crippen molar-refractivity contribution in [1.82, 2.24) is 25.1 Å². The molecule has 0 radical (unpaired) electrons. The van der Waals surface area contributed by atoms with Crippen molar-refractivity contribution in [1.29, 1.82) is 0 Å². The summed E-state index contributed by atoms with van der Waals surface area (Å²) in [4.78, 5) is 16.0. The van der Waals surface area contributed by atoms with Crippen LogP contribution in [0.15, 0.2) is 48.5 Å². The lowest BCUT2D eigenvalue weighted by Crippen LogP contribution is -2.35. The van der Waals surface area contributed by atoms with Crippen LogP contribution < -0.4 is 10.1 Å². The third-order valence-corrected chi connectivity index (χ3v) is 4.89. The van der Waals surface area contributed by atoms with E-state index < -0.39 is 0 Å². The molecule has 1 fully saturated rings. The lowest BCUT2D eigenvalue weighted by atomic mass is 10.1. The second kappa shape index (κ2) is 10.1. The minimum Gasteiger partial charge on any atom is -0.494 e. The smallest absolute Gasteiger partial charge is 0.248 e. The van der Waals surface area contributed by atoms with E-state index in [2.05, 4.69) is 37.8 Å². The van der Waals surface area contributed by atoms with Crippen molar-refractivity contribution in [2.45, 2.75) is 20.0 Å². The Bertz CT molecular complexity index is 998. The maximum atomic E-state index is 12.3. The molecule has 1 aliphatic rings. The largest absolute Gasteiger partial charge is 0.494 e. The molecular formula is C22H26N6O3. The van der Waals surface area contributed by atoms with Gasteiger partial charge < -0.3 is 14.8 Å². The number of amides is 1. The van der Waals surface area contributed by atoms with Crippen LogP contribution in [0.1, 0.15) is 12.5 Å². The molecule has 9 heteroatoms. The number of morpholine rings is 1. The quantitative estimate of drug-likeness (QED) is 0.595. The van der Waals surface area contributed by atoms with Crippen LogP contribution in [-0.4, -0.2) is 63.9 Å². The van der Waals surface area contributed by atoms with Gasteiger partial charge in [-0.25, -0.2) is 0 Å². The first-order chi connectivity index (χ1) is 15.2. The fraction of sp³-hybridized carbons (Fsp3) is 0.364. The Morgan fingerprint density at radius 3 is 2.74 bits per heavy atom. The molecule has 1 aromatic heterocycles. The van der Waals surface area contributed by atoms with Crippen LogP contribution in [0.5, 0.6) is 5.75 Å². The van der Waals surface area contributed by atoms with Crippen molar-refractivity contribution in [2.75, 3.05) is 38.2 Å². The maximum absolute atomic E-state index is 12.3. The van der Waals surface area contributed by atoms with Crippen molar-refractivity contribution in [3.8, 4) is 17.1 Å². The summed E-state index contributed by atoms with van der Waals surface area (Å²) in [5.74, 6) is 0.959. The number of anilines is 1. The van der Waals surface area contributed by atoms with Crippen LogP contribution in [-0.2, 0) is 22.6 Å². The number of carbonyl (C=O) groups excluding carboxylic acids is 1. The molecule has 0 aliphatic carbocycles. The van der Waals surface area contributed by atoms with Gasteiger partial charge in [-0.15, -0.1) is 10.2 Å². The summed E-state index contributed by atoms with van der Waals surface area (Å²) in [5.41, 5.74) is 2.75. The molecule has 9 nitrogen and oxygen atoms in total. The lowest BCUT2D eigenvalue weighted by Gasteiger charge is -2.26. The van der Waals surface area contributed by atoms with Gasteiger partial charge in [0.1, 0.15) is 12.3 Å². The standard InChI is InChI=1S/C22H26N6O3/c1-2-31-20-5-3-4-19(14-20)23-21(29)16-28-25-22(24-26-28)18-8-6-17(7-9-18)15-27-10-12-30-13-11-27/h3-9,14H,2,10-13,15-16H2,1H3,(H,23,29). The Balaban J connectivity index is 1.33. The summed E-state index contributed by atoms with van der Waals surface area (Å²) in [6, 6.07) is 15.4. The highest BCUT2D eigenvalue weighted by atomic mass is 16.5. The summed E-state index contributed by atoms with van der Waals surface area (Å²) >= 11 is 0. The second-order valence-corrected chi connectivity index (χ2v) is 7.24. The van der Waals surface area contributed by atoms with E-state index in [1.54, 1.807) is 12.1 Å². The molecule has 0 spiro atoms. The molecule has 162 valence electrons. The summed E-state index contributed by atoms with van der Waals surface area (Å²) in [5, 5.41) is 15.3. The number of ether oxygens (including phenoxy) is 2. The van der Waals surface area contributed by atoms with Crippen LogP contribution in [0, 0.1) is 0 Å². The molecule has 1 amide bonds. The molecule has 0 saturated carbocycles. The van der Waals surface area contributed by atoms with Crippen molar-refractivity contribution in [3.63, 3.8) is 0 Å². The Kier molecular flexibility index (Phi) is 6.85. The normalized spacial score (nSPS) is 14.4. The minimum atomic E-state index is -0.238. The zero-order valence-corrected chi connectivity index (χ0v) is 17.5. The molecule has 4 rings (SSSR count). The number of tetrazole rings is 1. The third-order valence-electron chi connectivity index (χ3n) is 4.89. The van der Waals surface area contributed by atoms with Gasteiger partial charge in [0.05, 0.1) is 19.8 Å². The van der Waals surface area contributed by atoms with Crippen LogP contribution in [0.2, 0.25) is 0 Å². The highest BCUT2D eigenvalue weighted by Crippen LogP contribution is 2.18. The summed E-state index contributed by atoms with van der Waals surface area (Å²) in [7, 11) is 0. The van der Waals surface area contributed by atoms with Gasteiger partial charge in [0.2, 0.25) is 11.7 Å². The number of nitrogens with one attached hydrogen (secondary N) is 1. The Labute approximate surface area is 181 Å². The van der Waals surface area contributed by atoms with Crippen LogP contribution in [0.25, 0.3) is 11.4 Å². The van der Waals surface area contributed by atoms with Crippen molar-refractivity contribution in [2.24, 2.45) is 0 Å². The molecule has 2 aromatic carbocycles. The van der Waals surface area contributed by atoms with Gasteiger partial charge in [-0.2, -0.15) is 4.80 Å². The highest BCUT2D eigenvalue weighted by molar-refractivity contribution is 5.90. The molecule has 0 unspecified atom stereocenters. The predicted octanol–water partition coefficient (Wildman–Crippen LogP) is 2.21. The zero-order valence-electron chi connectivity index (χ0n) is 17.5. The summed E-state index contributed by atoms with van der Waals surface area (Å²) in [6.07, 6.45) is 0. The van der Waals surface area contributed by atoms with E-state index in [-0.39, 0.29) is 12.5 Å². The minimum absolute atomic E-state index is 0.0268. The van der Waals surface area contributed by atoms with Gasteiger partial charge in [0, 0.05) is 37.0 Å². The number of carbonyl (C=O) groups is 1. The van der Waals surface area contributed by atoms with E-state index >= 15 is 0 Å². The number of rotatable bonds is 8. The van der Waals surface area contributed by atoms with Crippen LogP contribution >= 0.6 is 0 Å². The summed E-state index contributed by atoms with van der Waals surface area (Å²) < 4.78 is 10.8.